The molecule has 2 aromatic carbocycles. The van der Waals surface area contributed by atoms with Crippen molar-refractivity contribution in [2.45, 2.75) is 63.7 Å². The van der Waals surface area contributed by atoms with E-state index in [1.807, 2.05) is 12.1 Å². The van der Waals surface area contributed by atoms with Crippen molar-refractivity contribution in [3.63, 3.8) is 0 Å². The van der Waals surface area contributed by atoms with E-state index in [0.717, 1.165) is 65.9 Å². The zero-order chi connectivity index (χ0) is 32.8. The van der Waals surface area contributed by atoms with Crippen molar-refractivity contribution in [3.8, 4) is 17.0 Å². The number of urea groups is 1. The van der Waals surface area contributed by atoms with Gasteiger partial charge in [-0.25, -0.2) is 14.8 Å². The second-order valence-corrected chi connectivity index (χ2v) is 11.5. The summed E-state index contributed by atoms with van der Waals surface area (Å²) in [4.78, 5) is 22.2. The van der Waals surface area contributed by atoms with Crippen LogP contribution in [0.15, 0.2) is 42.6 Å². The molecule has 14 heteroatoms. The molecule has 0 unspecified atom stereocenters. The molecular weight excluding hydrogens is 599 g/mol. The number of amides is 2. The molecule has 2 amide bonds. The highest BCUT2D eigenvalue weighted by Gasteiger charge is 2.35. The first-order valence-electron chi connectivity index (χ1n) is 15.5. The van der Waals surface area contributed by atoms with Gasteiger partial charge in [0, 0.05) is 48.0 Å². The number of carbonyl (C=O) groups excluding carboxylic acids is 1. The maximum atomic E-state index is 13.7. The summed E-state index contributed by atoms with van der Waals surface area (Å²) in [5.74, 6) is 0.539. The van der Waals surface area contributed by atoms with Crippen molar-refractivity contribution in [1.82, 2.24) is 25.1 Å². The summed E-state index contributed by atoms with van der Waals surface area (Å²) in [5.41, 5.74) is 8.53. The number of nitrogens with two attached hydrogens (primary N) is 1. The summed E-state index contributed by atoms with van der Waals surface area (Å²) in [7, 11) is 3.50. The Morgan fingerprint density at radius 3 is 2.61 bits per heavy atom. The summed E-state index contributed by atoms with van der Waals surface area (Å²) in [6.07, 6.45) is 2.38. The van der Waals surface area contributed by atoms with Crippen LogP contribution in [0.4, 0.5) is 35.4 Å². The van der Waals surface area contributed by atoms with Crippen molar-refractivity contribution in [1.29, 1.82) is 0 Å². The molecule has 1 aliphatic rings. The summed E-state index contributed by atoms with van der Waals surface area (Å²) >= 11 is 0. The SMILES string of the molecule is CCc1cc(-c2cc(NC(=O)Nc3ccc(OCCCNC)c(C(F)(F)F)c3)nn2C)cc2cnc(NC3CCC(N)CC3)nc12. The molecule has 1 aliphatic carbocycles. The number of benzene rings is 2. The van der Waals surface area contributed by atoms with E-state index in [-0.39, 0.29) is 29.9 Å². The Kier molecular flexibility index (Phi) is 10.3. The lowest BCUT2D eigenvalue weighted by atomic mass is 9.92. The molecule has 5 rings (SSSR count). The van der Waals surface area contributed by atoms with Gasteiger partial charge in [-0.2, -0.15) is 18.3 Å². The van der Waals surface area contributed by atoms with E-state index in [0.29, 0.717) is 25.0 Å². The van der Waals surface area contributed by atoms with Gasteiger partial charge in [-0.1, -0.05) is 6.92 Å². The minimum absolute atomic E-state index is 0.0356. The van der Waals surface area contributed by atoms with Crippen molar-refractivity contribution < 1.29 is 22.7 Å². The first-order chi connectivity index (χ1) is 22.0. The summed E-state index contributed by atoms with van der Waals surface area (Å²) in [6.45, 7) is 2.79. The molecule has 0 saturated heterocycles. The molecule has 46 heavy (non-hydrogen) atoms. The number of nitrogens with zero attached hydrogens (tertiary/aromatic N) is 4. The van der Waals surface area contributed by atoms with Crippen LogP contribution >= 0.6 is 0 Å². The van der Waals surface area contributed by atoms with Crippen LogP contribution in [0.25, 0.3) is 22.2 Å². The second kappa shape index (κ2) is 14.3. The van der Waals surface area contributed by atoms with E-state index in [4.69, 9.17) is 15.5 Å². The summed E-state index contributed by atoms with van der Waals surface area (Å²) in [6, 6.07) is 8.97. The molecule has 2 aromatic heterocycles. The van der Waals surface area contributed by atoms with Gasteiger partial charge in [-0.3, -0.25) is 10.00 Å². The number of carbonyl (C=O) groups is 1. The molecular formula is C32H40F3N9O2. The van der Waals surface area contributed by atoms with Crippen LogP contribution in [-0.2, 0) is 19.6 Å². The topological polar surface area (TPSA) is 144 Å². The van der Waals surface area contributed by atoms with Gasteiger partial charge in [0.15, 0.2) is 5.82 Å². The Balaban J connectivity index is 1.29. The zero-order valence-corrected chi connectivity index (χ0v) is 26.2. The number of rotatable bonds is 11. The molecule has 1 fully saturated rings. The smallest absolute Gasteiger partial charge is 0.420 e. The number of hydrogen-bond donors (Lipinski definition) is 5. The zero-order valence-electron chi connectivity index (χ0n) is 26.2. The van der Waals surface area contributed by atoms with E-state index in [1.54, 1.807) is 31.0 Å². The van der Waals surface area contributed by atoms with Crippen LogP contribution in [0, 0.1) is 0 Å². The molecule has 6 N–H and O–H groups in total. The largest absolute Gasteiger partial charge is 0.493 e. The normalized spacial score (nSPS) is 16.8. The van der Waals surface area contributed by atoms with Gasteiger partial charge in [0.25, 0.3) is 0 Å². The minimum atomic E-state index is -4.66. The molecule has 0 radical (unpaired) electrons. The Morgan fingerprint density at radius 1 is 1.11 bits per heavy atom. The molecule has 2 heterocycles. The van der Waals surface area contributed by atoms with Crippen LogP contribution in [0.2, 0.25) is 0 Å². The lowest BCUT2D eigenvalue weighted by Gasteiger charge is -2.26. The standard InChI is InChI=1S/C32H40F3N9O2/c1-4-19-14-20(15-21-18-38-30(42-29(19)21)39-23-8-6-22(36)7-9-23)26-17-28(43-44(26)3)41-31(45)40-24-10-11-27(46-13-5-12-37-2)25(16-24)32(33,34)35/h10-11,14-18,22-23,37H,4-9,12-13,36H2,1-3H3,(H,38,39,42)(H2,40,41,43,45). The number of fused-ring (bicyclic) bond motifs is 1. The first kappa shape index (κ1) is 32.9. The van der Waals surface area contributed by atoms with Crippen molar-refractivity contribution in [3.05, 3.63) is 53.7 Å². The third-order valence-corrected chi connectivity index (χ3v) is 8.04. The molecule has 0 atom stereocenters. The molecule has 11 nitrogen and oxygen atoms in total. The molecule has 0 aliphatic heterocycles. The highest BCUT2D eigenvalue weighted by Crippen LogP contribution is 2.38. The highest BCUT2D eigenvalue weighted by molar-refractivity contribution is 5.99. The number of aryl methyl sites for hydroxylation is 2. The van der Waals surface area contributed by atoms with E-state index in [2.05, 4.69) is 38.3 Å². The van der Waals surface area contributed by atoms with Crippen LogP contribution in [-0.4, -0.2) is 58.1 Å². The van der Waals surface area contributed by atoms with Gasteiger partial charge in [-0.05, 0) is 88.0 Å². The highest BCUT2D eigenvalue weighted by atomic mass is 19.4. The van der Waals surface area contributed by atoms with E-state index in [1.165, 1.54) is 12.1 Å². The molecule has 246 valence electrons. The van der Waals surface area contributed by atoms with Crippen LogP contribution in [0.3, 0.4) is 0 Å². The van der Waals surface area contributed by atoms with Crippen molar-refractivity contribution in [2.24, 2.45) is 12.8 Å². The van der Waals surface area contributed by atoms with Gasteiger partial charge in [0.05, 0.1) is 23.4 Å². The average molecular weight is 640 g/mol. The number of ether oxygens (including phenoxy) is 1. The Bertz CT molecular complexity index is 1670. The number of hydrogen-bond acceptors (Lipinski definition) is 8. The maximum Gasteiger partial charge on any atom is 0.420 e. The predicted octanol–water partition coefficient (Wildman–Crippen LogP) is 5.93. The number of aromatic nitrogens is 4. The molecule has 4 aromatic rings. The van der Waals surface area contributed by atoms with E-state index < -0.39 is 17.8 Å². The molecule has 0 bridgehead atoms. The number of alkyl halides is 3. The molecule has 1 saturated carbocycles. The van der Waals surface area contributed by atoms with Crippen LogP contribution in [0.5, 0.6) is 5.75 Å². The summed E-state index contributed by atoms with van der Waals surface area (Å²) < 4.78 is 48.2. The number of halogens is 3. The average Bonchev–Trinajstić information content (AvgIpc) is 3.39. The minimum Gasteiger partial charge on any atom is -0.493 e. The van der Waals surface area contributed by atoms with Crippen LogP contribution < -0.4 is 31.7 Å². The van der Waals surface area contributed by atoms with Gasteiger partial charge in [0.1, 0.15) is 5.75 Å². The van der Waals surface area contributed by atoms with Crippen molar-refractivity contribution >= 4 is 34.4 Å². The lowest BCUT2D eigenvalue weighted by molar-refractivity contribution is -0.138. The maximum absolute atomic E-state index is 13.7. The van der Waals surface area contributed by atoms with E-state index in [9.17, 15) is 18.0 Å². The monoisotopic (exact) mass is 639 g/mol. The quantitative estimate of drug-likeness (QED) is 0.127. The Labute approximate surface area is 265 Å². The fraction of sp³-hybridized carbons (Fsp3) is 0.438. The molecule has 0 spiro atoms. The fourth-order valence-electron chi connectivity index (χ4n) is 5.62. The fourth-order valence-corrected chi connectivity index (χ4v) is 5.62. The first-order valence-corrected chi connectivity index (χ1v) is 15.5. The predicted molar refractivity (Wildman–Crippen MR) is 173 cm³/mol. The van der Waals surface area contributed by atoms with Gasteiger partial charge < -0.3 is 26.4 Å². The Hall–Kier alpha value is -4.43. The number of nitrogens with one attached hydrogen (secondary N) is 4. The number of anilines is 3. The van der Waals surface area contributed by atoms with Gasteiger partial charge in [-0.15, -0.1) is 0 Å². The van der Waals surface area contributed by atoms with Crippen molar-refractivity contribution in [2.75, 3.05) is 36.1 Å². The summed E-state index contributed by atoms with van der Waals surface area (Å²) in [5, 5.41) is 16.7. The second-order valence-electron chi connectivity index (χ2n) is 11.5. The van der Waals surface area contributed by atoms with Crippen LogP contribution in [0.1, 0.15) is 50.2 Å². The van der Waals surface area contributed by atoms with Gasteiger partial charge >= 0.3 is 12.2 Å². The Morgan fingerprint density at radius 2 is 1.89 bits per heavy atom. The lowest BCUT2D eigenvalue weighted by Crippen LogP contribution is -2.33. The van der Waals surface area contributed by atoms with Gasteiger partial charge in [0.2, 0.25) is 5.95 Å². The third kappa shape index (κ3) is 8.04. The van der Waals surface area contributed by atoms with E-state index >= 15 is 0 Å². The third-order valence-electron chi connectivity index (χ3n) is 8.04.